The number of hydrogen-bond acceptors (Lipinski definition) is 4. The van der Waals surface area contributed by atoms with Gasteiger partial charge in [-0.3, -0.25) is 4.79 Å². The van der Waals surface area contributed by atoms with Crippen molar-refractivity contribution in [2.45, 2.75) is 30.7 Å². The molecule has 0 atom stereocenters. The molecule has 3 rings (SSSR count). The maximum Gasteiger partial charge on any atom is 0.253 e. The van der Waals surface area contributed by atoms with Crippen LogP contribution in [0.1, 0.15) is 35.2 Å². The molecule has 1 aliphatic rings. The van der Waals surface area contributed by atoms with Gasteiger partial charge in [-0.25, -0.2) is 13.1 Å². The molecule has 0 saturated carbocycles. The van der Waals surface area contributed by atoms with Crippen molar-refractivity contribution in [1.29, 1.82) is 0 Å². The predicted molar refractivity (Wildman–Crippen MR) is 120 cm³/mol. The lowest BCUT2D eigenvalue weighted by molar-refractivity contribution is 0.0785. The van der Waals surface area contributed by atoms with Gasteiger partial charge in [0, 0.05) is 44.5 Å². The minimum absolute atomic E-state index is 0.0670. The second-order valence-corrected chi connectivity index (χ2v) is 9.27. The molecule has 30 heavy (non-hydrogen) atoms. The van der Waals surface area contributed by atoms with E-state index in [4.69, 9.17) is 0 Å². The van der Waals surface area contributed by atoms with Gasteiger partial charge in [0.2, 0.25) is 10.0 Å². The highest BCUT2D eigenvalue weighted by atomic mass is 32.2. The van der Waals surface area contributed by atoms with Crippen molar-refractivity contribution in [1.82, 2.24) is 9.62 Å². The molecule has 1 fully saturated rings. The zero-order valence-electron chi connectivity index (χ0n) is 17.4. The fraction of sp³-hybridized carbons (Fsp3) is 0.348. The van der Waals surface area contributed by atoms with E-state index in [-0.39, 0.29) is 17.3 Å². The minimum atomic E-state index is -3.68. The number of hydrogen-bond donors (Lipinski definition) is 1. The molecule has 0 spiro atoms. The highest BCUT2D eigenvalue weighted by Gasteiger charge is 2.20. The molecule has 1 amide bonds. The van der Waals surface area contributed by atoms with Gasteiger partial charge in [0.1, 0.15) is 0 Å². The molecule has 0 bridgehead atoms. The van der Waals surface area contributed by atoms with Gasteiger partial charge in [-0.1, -0.05) is 30.3 Å². The third kappa shape index (κ3) is 5.29. The summed E-state index contributed by atoms with van der Waals surface area (Å²) in [6.07, 6.45) is 5.10. The summed E-state index contributed by atoms with van der Waals surface area (Å²) in [6.45, 7) is 6.17. The molecular weight excluding hydrogens is 398 g/mol. The fourth-order valence-corrected chi connectivity index (χ4v) is 4.73. The Hall–Kier alpha value is -2.64. The first-order chi connectivity index (χ1) is 14.4. The molecule has 7 heteroatoms. The number of rotatable bonds is 8. The molecule has 1 N–H and O–H groups in total. The van der Waals surface area contributed by atoms with E-state index in [1.807, 2.05) is 18.2 Å². The maximum absolute atomic E-state index is 13.0. The van der Waals surface area contributed by atoms with Gasteiger partial charge in [0.05, 0.1) is 4.90 Å². The van der Waals surface area contributed by atoms with Gasteiger partial charge < -0.3 is 9.80 Å². The number of carbonyl (C=O) groups excluding carboxylic acids is 1. The van der Waals surface area contributed by atoms with Crippen molar-refractivity contribution in [3.05, 3.63) is 72.3 Å². The summed E-state index contributed by atoms with van der Waals surface area (Å²) < 4.78 is 27.1. The van der Waals surface area contributed by atoms with Crippen LogP contribution in [0.4, 0.5) is 5.69 Å². The number of nitrogens with zero attached hydrogens (tertiary/aromatic N) is 2. The SMILES string of the molecule is C=CCNS(=O)(=O)c1cccc(C(=O)N(C)Cc2ccccc2N2CCCCC2)c1. The van der Waals surface area contributed by atoms with Gasteiger partial charge in [0.15, 0.2) is 0 Å². The summed E-state index contributed by atoms with van der Waals surface area (Å²) in [4.78, 5) is 17.1. The van der Waals surface area contributed by atoms with Crippen LogP contribution >= 0.6 is 0 Å². The number of anilines is 1. The molecule has 0 unspecified atom stereocenters. The average molecular weight is 428 g/mol. The molecule has 0 radical (unpaired) electrons. The molecule has 0 aliphatic carbocycles. The molecule has 0 aromatic heterocycles. The maximum atomic E-state index is 13.0. The van der Waals surface area contributed by atoms with Crippen molar-refractivity contribution >= 4 is 21.6 Å². The second-order valence-electron chi connectivity index (χ2n) is 7.51. The third-order valence-corrected chi connectivity index (χ3v) is 6.67. The summed E-state index contributed by atoms with van der Waals surface area (Å²) in [7, 11) is -1.94. The lowest BCUT2D eigenvalue weighted by Gasteiger charge is -2.31. The van der Waals surface area contributed by atoms with Crippen LogP contribution in [0.2, 0.25) is 0 Å². The fourth-order valence-electron chi connectivity index (χ4n) is 3.68. The highest BCUT2D eigenvalue weighted by Crippen LogP contribution is 2.25. The first-order valence-corrected chi connectivity index (χ1v) is 11.7. The lowest BCUT2D eigenvalue weighted by atomic mass is 10.1. The summed E-state index contributed by atoms with van der Waals surface area (Å²) in [5, 5.41) is 0. The van der Waals surface area contributed by atoms with Crippen LogP contribution in [-0.2, 0) is 16.6 Å². The Labute approximate surface area is 179 Å². The van der Waals surface area contributed by atoms with Gasteiger partial charge in [-0.2, -0.15) is 0 Å². The Bertz CT molecular complexity index is 998. The third-order valence-electron chi connectivity index (χ3n) is 5.25. The molecule has 160 valence electrons. The van der Waals surface area contributed by atoms with E-state index in [9.17, 15) is 13.2 Å². The largest absolute Gasteiger partial charge is 0.371 e. The lowest BCUT2D eigenvalue weighted by Crippen LogP contribution is -2.32. The summed E-state index contributed by atoms with van der Waals surface area (Å²) in [5.41, 5.74) is 2.60. The summed E-state index contributed by atoms with van der Waals surface area (Å²) in [5.74, 6) is -0.218. The van der Waals surface area contributed by atoms with E-state index in [1.165, 1.54) is 43.2 Å². The highest BCUT2D eigenvalue weighted by molar-refractivity contribution is 7.89. The first kappa shape index (κ1) is 22.1. The average Bonchev–Trinajstić information content (AvgIpc) is 2.78. The first-order valence-electron chi connectivity index (χ1n) is 10.2. The number of carbonyl (C=O) groups is 1. The van der Waals surface area contributed by atoms with E-state index >= 15 is 0 Å². The van der Waals surface area contributed by atoms with Crippen molar-refractivity contribution in [3.63, 3.8) is 0 Å². The monoisotopic (exact) mass is 427 g/mol. The van der Waals surface area contributed by atoms with Crippen molar-refractivity contribution < 1.29 is 13.2 Å². The van der Waals surface area contributed by atoms with E-state index in [1.54, 1.807) is 24.1 Å². The Morgan fingerprint density at radius 3 is 2.60 bits per heavy atom. The van der Waals surface area contributed by atoms with Crippen LogP contribution in [0.3, 0.4) is 0 Å². The van der Waals surface area contributed by atoms with Gasteiger partial charge in [0.25, 0.3) is 5.91 Å². The van der Waals surface area contributed by atoms with Crippen LogP contribution in [0.25, 0.3) is 0 Å². The molecular formula is C23H29N3O3S. The number of para-hydroxylation sites is 1. The predicted octanol–water partition coefficient (Wildman–Crippen LogP) is 3.41. The molecule has 2 aromatic carbocycles. The van der Waals surface area contributed by atoms with E-state index in [0.29, 0.717) is 12.1 Å². The molecule has 1 heterocycles. The van der Waals surface area contributed by atoms with E-state index < -0.39 is 10.0 Å². The van der Waals surface area contributed by atoms with Crippen molar-refractivity contribution in [2.75, 3.05) is 31.6 Å². The summed E-state index contributed by atoms with van der Waals surface area (Å²) in [6, 6.07) is 14.3. The Balaban J connectivity index is 1.77. The number of nitrogens with one attached hydrogen (secondary N) is 1. The number of benzene rings is 2. The topological polar surface area (TPSA) is 69.7 Å². The van der Waals surface area contributed by atoms with E-state index in [2.05, 4.69) is 22.3 Å². The van der Waals surface area contributed by atoms with Gasteiger partial charge in [-0.05, 0) is 49.1 Å². The minimum Gasteiger partial charge on any atom is -0.371 e. The molecule has 1 aliphatic heterocycles. The molecule has 1 saturated heterocycles. The zero-order chi connectivity index (χ0) is 21.6. The van der Waals surface area contributed by atoms with Crippen LogP contribution in [-0.4, -0.2) is 45.9 Å². The zero-order valence-corrected chi connectivity index (χ0v) is 18.2. The normalized spacial score (nSPS) is 14.4. The van der Waals surface area contributed by atoms with Crippen molar-refractivity contribution in [2.24, 2.45) is 0 Å². The van der Waals surface area contributed by atoms with Gasteiger partial charge >= 0.3 is 0 Å². The van der Waals surface area contributed by atoms with Gasteiger partial charge in [-0.15, -0.1) is 6.58 Å². The van der Waals surface area contributed by atoms with Crippen LogP contribution in [0.5, 0.6) is 0 Å². The number of amides is 1. The Kier molecular flexibility index (Phi) is 7.29. The molecule has 2 aromatic rings. The number of piperidine rings is 1. The van der Waals surface area contributed by atoms with Crippen LogP contribution < -0.4 is 9.62 Å². The van der Waals surface area contributed by atoms with Crippen LogP contribution in [0, 0.1) is 0 Å². The quantitative estimate of drug-likeness (QED) is 0.656. The molecule has 6 nitrogen and oxygen atoms in total. The van der Waals surface area contributed by atoms with E-state index in [0.717, 1.165) is 18.7 Å². The summed E-state index contributed by atoms with van der Waals surface area (Å²) >= 11 is 0. The Morgan fingerprint density at radius 1 is 1.13 bits per heavy atom. The smallest absolute Gasteiger partial charge is 0.253 e. The second kappa shape index (κ2) is 9.91. The number of sulfonamides is 1. The standard InChI is InChI=1S/C23H29N3O3S/c1-3-14-24-30(28,29)21-12-9-11-19(17-21)23(27)25(2)18-20-10-5-6-13-22(20)26-15-7-4-8-16-26/h3,5-6,9-13,17,24H,1,4,7-8,14-16,18H2,2H3. The van der Waals surface area contributed by atoms with Crippen molar-refractivity contribution in [3.8, 4) is 0 Å². The van der Waals surface area contributed by atoms with Crippen LogP contribution in [0.15, 0.2) is 66.1 Å². The Morgan fingerprint density at radius 2 is 1.87 bits per heavy atom.